The number of nitrogens with one attached hydrogen (secondary N) is 2. The fraction of sp³-hybridized carbons (Fsp3) is 0.706. The maximum Gasteiger partial charge on any atom is 0.261 e. The molecule has 4 rings (SSSR count). The second-order valence-corrected chi connectivity index (χ2v) is 7.36. The number of aldehydes is 1. The summed E-state index contributed by atoms with van der Waals surface area (Å²) in [6.45, 7) is 2.97. The van der Waals surface area contributed by atoms with Crippen molar-refractivity contribution in [3.8, 4) is 0 Å². The van der Waals surface area contributed by atoms with Crippen LogP contribution in [0.1, 0.15) is 6.42 Å². The van der Waals surface area contributed by atoms with Crippen molar-refractivity contribution in [3.63, 3.8) is 0 Å². The Morgan fingerprint density at radius 1 is 1.23 bits per heavy atom. The summed E-state index contributed by atoms with van der Waals surface area (Å²) in [6, 6.07) is 1.25. The van der Waals surface area contributed by atoms with Gasteiger partial charge in [-0.25, -0.2) is 18.7 Å². The monoisotopic (exact) mass is 366 g/mol. The van der Waals surface area contributed by atoms with E-state index in [9.17, 15) is 13.6 Å². The zero-order valence-corrected chi connectivity index (χ0v) is 14.5. The van der Waals surface area contributed by atoms with E-state index in [-0.39, 0.29) is 31.0 Å². The Labute approximate surface area is 151 Å². The Hall–Kier alpha value is -1.71. The van der Waals surface area contributed by atoms with E-state index < -0.39 is 12.0 Å². The Morgan fingerprint density at radius 3 is 2.73 bits per heavy atom. The van der Waals surface area contributed by atoms with Crippen molar-refractivity contribution >= 4 is 12.2 Å². The van der Waals surface area contributed by atoms with Crippen LogP contribution in [-0.4, -0.2) is 84.5 Å². The van der Waals surface area contributed by atoms with E-state index in [0.717, 1.165) is 19.4 Å². The predicted molar refractivity (Wildman–Crippen MR) is 92.3 cm³/mol. The molecule has 4 heterocycles. The van der Waals surface area contributed by atoms with E-state index in [1.54, 1.807) is 23.4 Å². The molecule has 1 aromatic rings. The molecule has 26 heavy (non-hydrogen) atoms. The van der Waals surface area contributed by atoms with Crippen molar-refractivity contribution in [2.45, 2.75) is 30.5 Å². The van der Waals surface area contributed by atoms with Crippen LogP contribution >= 0.6 is 0 Å². The number of piperazine rings is 1. The quantitative estimate of drug-likeness (QED) is 0.712. The van der Waals surface area contributed by atoms with Crippen molar-refractivity contribution in [1.82, 2.24) is 25.5 Å². The van der Waals surface area contributed by atoms with Crippen LogP contribution in [0.25, 0.3) is 0 Å². The molecule has 4 atom stereocenters. The maximum atomic E-state index is 13.7. The van der Waals surface area contributed by atoms with E-state index in [1.165, 1.54) is 0 Å². The average molecular weight is 366 g/mol. The van der Waals surface area contributed by atoms with Crippen LogP contribution in [-0.2, 0) is 4.79 Å². The fourth-order valence-corrected chi connectivity index (χ4v) is 4.50. The number of nitrogens with zero attached hydrogens (tertiary/aromatic N) is 4. The lowest BCUT2D eigenvalue weighted by atomic mass is 9.89. The second-order valence-electron chi connectivity index (χ2n) is 7.36. The van der Waals surface area contributed by atoms with Gasteiger partial charge in [0.15, 0.2) is 0 Å². The number of aromatic nitrogens is 2. The number of carbonyl (C=O) groups excluding carboxylic acids is 1. The van der Waals surface area contributed by atoms with Gasteiger partial charge in [-0.1, -0.05) is 0 Å². The minimum atomic E-state index is -2.66. The first kappa shape index (κ1) is 17.7. The number of likely N-dealkylation sites (tertiary alicyclic amines) is 1. The van der Waals surface area contributed by atoms with Crippen LogP contribution in [0.15, 0.2) is 18.5 Å². The number of hydrogen-bond acceptors (Lipinski definition) is 7. The largest absolute Gasteiger partial charge is 0.338 e. The molecule has 3 saturated heterocycles. The lowest BCUT2D eigenvalue weighted by molar-refractivity contribution is -0.110. The van der Waals surface area contributed by atoms with Crippen molar-refractivity contribution in [2.75, 3.05) is 44.2 Å². The van der Waals surface area contributed by atoms with Gasteiger partial charge in [0.05, 0.1) is 12.6 Å². The number of alkyl halides is 2. The van der Waals surface area contributed by atoms with Gasteiger partial charge in [-0.2, -0.15) is 0 Å². The van der Waals surface area contributed by atoms with Crippen LogP contribution in [0.3, 0.4) is 0 Å². The average Bonchev–Trinajstić information content (AvgIpc) is 3.25. The Kier molecular flexibility index (Phi) is 4.85. The fourth-order valence-electron chi connectivity index (χ4n) is 4.50. The van der Waals surface area contributed by atoms with Gasteiger partial charge in [-0.15, -0.1) is 0 Å². The Balaban J connectivity index is 1.50. The van der Waals surface area contributed by atoms with Crippen molar-refractivity contribution < 1.29 is 13.6 Å². The molecule has 2 unspecified atom stereocenters. The van der Waals surface area contributed by atoms with Crippen molar-refractivity contribution in [1.29, 1.82) is 0 Å². The van der Waals surface area contributed by atoms with E-state index in [4.69, 9.17) is 0 Å². The molecule has 7 nitrogen and oxygen atoms in total. The second kappa shape index (κ2) is 7.13. The third-order valence-electron chi connectivity index (χ3n) is 5.72. The molecule has 3 aliphatic heterocycles. The highest BCUT2D eigenvalue weighted by Gasteiger charge is 2.49. The smallest absolute Gasteiger partial charge is 0.261 e. The minimum absolute atomic E-state index is 0.0746. The molecule has 0 amide bonds. The summed E-state index contributed by atoms with van der Waals surface area (Å²) in [4.78, 5) is 24.1. The number of carbonyl (C=O) groups is 1. The lowest BCUT2D eigenvalue weighted by Gasteiger charge is -2.40. The van der Waals surface area contributed by atoms with Crippen molar-refractivity contribution in [2.24, 2.45) is 5.92 Å². The maximum absolute atomic E-state index is 13.7. The van der Waals surface area contributed by atoms with Crippen LogP contribution < -0.4 is 15.5 Å². The molecule has 0 bridgehead atoms. The summed E-state index contributed by atoms with van der Waals surface area (Å²) in [7, 11) is 0. The molecule has 0 spiro atoms. The van der Waals surface area contributed by atoms with Crippen molar-refractivity contribution in [3.05, 3.63) is 18.5 Å². The molecule has 1 aromatic heterocycles. The topological polar surface area (TPSA) is 73.4 Å². The zero-order chi connectivity index (χ0) is 18.1. The zero-order valence-electron chi connectivity index (χ0n) is 14.5. The highest BCUT2D eigenvalue weighted by molar-refractivity contribution is 5.60. The standard InChI is InChI=1S/C17H24F2N6O/c18-17(19)2-6-25(11-17)15-12(8-23-14(15)10-26)13-9-24(7-5-20-13)16-21-3-1-4-22-16/h1,3-4,10,12-15,20,23H,2,5-9,11H2/t12-,13?,14+,15?/m0/s1. The van der Waals surface area contributed by atoms with Crippen LogP contribution in [0, 0.1) is 5.92 Å². The Bertz CT molecular complexity index is 633. The summed E-state index contributed by atoms with van der Waals surface area (Å²) in [5.41, 5.74) is 0. The van der Waals surface area contributed by atoms with Crippen LogP contribution in [0.2, 0.25) is 0 Å². The van der Waals surface area contributed by atoms with Gasteiger partial charge in [0, 0.05) is 69.5 Å². The molecular formula is C17H24F2N6O. The molecule has 0 saturated carbocycles. The van der Waals surface area contributed by atoms with E-state index in [2.05, 4.69) is 25.5 Å². The number of anilines is 1. The predicted octanol–water partition coefficient (Wildman–Crippen LogP) is -0.249. The molecular weight excluding hydrogens is 342 g/mol. The normalized spacial score (nSPS) is 34.9. The summed E-state index contributed by atoms with van der Waals surface area (Å²) < 4.78 is 27.5. The first-order valence-corrected chi connectivity index (χ1v) is 9.13. The Morgan fingerprint density at radius 2 is 2.04 bits per heavy atom. The van der Waals surface area contributed by atoms with E-state index in [0.29, 0.717) is 25.6 Å². The van der Waals surface area contributed by atoms with Crippen LogP contribution in [0.5, 0.6) is 0 Å². The number of halogens is 2. The molecule has 0 aromatic carbocycles. The highest BCUT2D eigenvalue weighted by Crippen LogP contribution is 2.34. The first-order valence-electron chi connectivity index (χ1n) is 9.13. The summed E-state index contributed by atoms with van der Waals surface area (Å²) in [5, 5.41) is 6.73. The van der Waals surface area contributed by atoms with Gasteiger partial charge in [0.2, 0.25) is 5.95 Å². The SMILES string of the molecule is O=C[C@H]1NC[C@@H](C2CN(c3ncccn3)CCN2)C1N1CCC(F)(F)C1. The molecule has 0 radical (unpaired) electrons. The van der Waals surface area contributed by atoms with E-state index >= 15 is 0 Å². The summed E-state index contributed by atoms with van der Waals surface area (Å²) in [6.07, 6.45) is 4.16. The molecule has 3 aliphatic rings. The van der Waals surface area contributed by atoms with Gasteiger partial charge in [0.25, 0.3) is 5.92 Å². The molecule has 0 aliphatic carbocycles. The number of hydrogen-bond donors (Lipinski definition) is 2. The van der Waals surface area contributed by atoms with Gasteiger partial charge in [0.1, 0.15) is 6.29 Å². The lowest BCUT2D eigenvalue weighted by Crippen LogP contribution is -2.59. The minimum Gasteiger partial charge on any atom is -0.338 e. The van der Waals surface area contributed by atoms with Gasteiger partial charge in [-0.3, -0.25) is 4.90 Å². The molecule has 2 N–H and O–H groups in total. The summed E-state index contributed by atoms with van der Waals surface area (Å²) in [5.74, 6) is -1.91. The summed E-state index contributed by atoms with van der Waals surface area (Å²) >= 11 is 0. The third kappa shape index (κ3) is 3.43. The number of rotatable bonds is 4. The molecule has 142 valence electrons. The molecule has 3 fully saturated rings. The van der Waals surface area contributed by atoms with Gasteiger partial charge < -0.3 is 20.3 Å². The van der Waals surface area contributed by atoms with Gasteiger partial charge >= 0.3 is 0 Å². The van der Waals surface area contributed by atoms with Gasteiger partial charge in [-0.05, 0) is 6.07 Å². The van der Waals surface area contributed by atoms with E-state index in [1.807, 2.05) is 0 Å². The third-order valence-corrected chi connectivity index (χ3v) is 5.72. The highest BCUT2D eigenvalue weighted by atomic mass is 19.3. The molecule has 9 heteroatoms. The van der Waals surface area contributed by atoms with Crippen LogP contribution in [0.4, 0.5) is 14.7 Å². The first-order chi connectivity index (χ1) is 12.6.